The van der Waals surface area contributed by atoms with Gasteiger partial charge in [-0.05, 0) is 44.5 Å². The number of nitrogens with two attached hydrogens (primary N) is 1. The summed E-state index contributed by atoms with van der Waals surface area (Å²) in [5.74, 6) is 0.101. The average molecular weight is 410 g/mol. The van der Waals surface area contributed by atoms with Crippen LogP contribution in [0, 0.1) is 5.41 Å². The summed E-state index contributed by atoms with van der Waals surface area (Å²) < 4.78 is 2.31. The van der Waals surface area contributed by atoms with Crippen molar-refractivity contribution in [1.82, 2.24) is 4.57 Å². The maximum atomic E-state index is 7.70. The minimum absolute atomic E-state index is 0.00450. The van der Waals surface area contributed by atoms with Crippen LogP contribution >= 0.6 is 15.9 Å². The van der Waals surface area contributed by atoms with Crippen LogP contribution < -0.4 is 5.73 Å². The standard InChI is InChI=1S/C22H24BrN3/c1-3-12-22(2,23)13-6-7-14-26-19-9-5-4-8-17(19)18-15-16(21(24)25)10-11-20(18)26/h3-12,15H,13-14H2,1-2H3,(H3,24,25)/b7-6+,12-3-/t22-/m0/s1. The number of nitrogens with one attached hydrogen (secondary N) is 1. The van der Waals surface area contributed by atoms with E-state index >= 15 is 0 Å². The van der Waals surface area contributed by atoms with Gasteiger partial charge in [0.25, 0.3) is 0 Å². The van der Waals surface area contributed by atoms with Gasteiger partial charge in [-0.3, -0.25) is 5.41 Å². The Morgan fingerprint density at radius 2 is 1.88 bits per heavy atom. The number of fused-ring (bicyclic) bond motifs is 3. The van der Waals surface area contributed by atoms with Crippen LogP contribution in [0.3, 0.4) is 0 Å². The molecule has 2 aromatic carbocycles. The lowest BCUT2D eigenvalue weighted by atomic mass is 10.1. The molecule has 0 radical (unpaired) electrons. The monoisotopic (exact) mass is 409 g/mol. The van der Waals surface area contributed by atoms with E-state index in [9.17, 15) is 0 Å². The Morgan fingerprint density at radius 3 is 2.62 bits per heavy atom. The number of para-hydroxylation sites is 1. The first kappa shape index (κ1) is 18.5. The molecule has 3 aromatic rings. The van der Waals surface area contributed by atoms with E-state index in [-0.39, 0.29) is 10.2 Å². The maximum absolute atomic E-state index is 7.70. The lowest BCUT2D eigenvalue weighted by molar-refractivity contribution is 0.812. The van der Waals surface area contributed by atoms with E-state index in [0.717, 1.165) is 29.4 Å². The summed E-state index contributed by atoms with van der Waals surface area (Å²) in [7, 11) is 0. The van der Waals surface area contributed by atoms with Crippen molar-refractivity contribution in [3.05, 3.63) is 72.3 Å². The molecule has 0 spiro atoms. The summed E-state index contributed by atoms with van der Waals surface area (Å²) in [4.78, 5) is 0. The molecule has 3 N–H and O–H groups in total. The highest BCUT2D eigenvalue weighted by Crippen LogP contribution is 2.30. The molecule has 26 heavy (non-hydrogen) atoms. The van der Waals surface area contributed by atoms with E-state index in [1.165, 1.54) is 10.9 Å². The number of nitrogen functional groups attached to an aromatic ring is 1. The number of aromatic nitrogens is 1. The Kier molecular flexibility index (Phi) is 5.33. The average Bonchev–Trinajstić information content (AvgIpc) is 2.92. The van der Waals surface area contributed by atoms with Crippen molar-refractivity contribution < 1.29 is 0 Å². The molecular weight excluding hydrogens is 386 g/mol. The first-order valence-corrected chi connectivity index (χ1v) is 9.55. The number of amidine groups is 1. The molecular formula is C22H24BrN3. The Morgan fingerprint density at radius 1 is 1.15 bits per heavy atom. The molecule has 0 bridgehead atoms. The first-order chi connectivity index (χ1) is 12.4. The first-order valence-electron chi connectivity index (χ1n) is 8.76. The molecule has 3 rings (SSSR count). The van der Waals surface area contributed by atoms with Crippen LogP contribution in [-0.4, -0.2) is 14.7 Å². The van der Waals surface area contributed by atoms with E-state index < -0.39 is 0 Å². The summed E-state index contributed by atoms with van der Waals surface area (Å²) >= 11 is 3.75. The van der Waals surface area contributed by atoms with E-state index in [1.807, 2.05) is 19.1 Å². The molecule has 0 saturated heterocycles. The number of allylic oxidation sites excluding steroid dienone is 4. The fraction of sp³-hybridized carbons (Fsp3) is 0.227. The van der Waals surface area contributed by atoms with Gasteiger partial charge >= 0.3 is 0 Å². The maximum Gasteiger partial charge on any atom is 0.122 e. The van der Waals surface area contributed by atoms with Gasteiger partial charge in [-0.1, -0.05) is 58.4 Å². The molecule has 3 nitrogen and oxygen atoms in total. The van der Waals surface area contributed by atoms with Crippen molar-refractivity contribution in [2.45, 2.75) is 31.1 Å². The number of nitrogens with zero attached hydrogens (tertiary/aromatic N) is 1. The van der Waals surface area contributed by atoms with E-state index in [2.05, 4.69) is 82.1 Å². The van der Waals surface area contributed by atoms with Crippen molar-refractivity contribution in [3.63, 3.8) is 0 Å². The van der Waals surface area contributed by atoms with Crippen LogP contribution in [-0.2, 0) is 6.54 Å². The van der Waals surface area contributed by atoms with E-state index in [1.54, 1.807) is 0 Å². The number of halogens is 1. The van der Waals surface area contributed by atoms with Crippen molar-refractivity contribution in [2.24, 2.45) is 5.73 Å². The van der Waals surface area contributed by atoms with Crippen molar-refractivity contribution in [3.8, 4) is 0 Å². The molecule has 0 amide bonds. The van der Waals surface area contributed by atoms with E-state index in [0.29, 0.717) is 0 Å². The molecule has 134 valence electrons. The van der Waals surface area contributed by atoms with Gasteiger partial charge in [-0.15, -0.1) is 0 Å². The van der Waals surface area contributed by atoms with E-state index in [4.69, 9.17) is 11.1 Å². The van der Waals surface area contributed by atoms with Crippen LogP contribution in [0.25, 0.3) is 21.8 Å². The molecule has 0 aliphatic heterocycles. The minimum Gasteiger partial charge on any atom is -0.384 e. The van der Waals surface area contributed by atoms with Crippen molar-refractivity contribution >= 4 is 43.6 Å². The molecule has 1 aromatic heterocycles. The number of hydrogen-bond donors (Lipinski definition) is 2. The topological polar surface area (TPSA) is 54.8 Å². The van der Waals surface area contributed by atoms with Crippen LogP contribution in [0.15, 0.2) is 66.8 Å². The third-order valence-electron chi connectivity index (χ3n) is 4.57. The summed E-state index contributed by atoms with van der Waals surface area (Å²) in [6.45, 7) is 5.01. The predicted molar refractivity (Wildman–Crippen MR) is 116 cm³/mol. The van der Waals surface area contributed by atoms with Crippen LogP contribution in [0.2, 0.25) is 0 Å². The minimum atomic E-state index is -0.00450. The number of alkyl halides is 1. The molecule has 1 atom stereocenters. The van der Waals surface area contributed by atoms with Gasteiger partial charge in [0, 0.05) is 38.2 Å². The van der Waals surface area contributed by atoms with Gasteiger partial charge in [0.1, 0.15) is 5.84 Å². The zero-order chi connectivity index (χ0) is 18.7. The second kappa shape index (κ2) is 7.50. The Balaban J connectivity index is 1.98. The second-order valence-electron chi connectivity index (χ2n) is 6.73. The highest BCUT2D eigenvalue weighted by atomic mass is 79.9. The smallest absolute Gasteiger partial charge is 0.122 e. The van der Waals surface area contributed by atoms with Crippen LogP contribution in [0.5, 0.6) is 0 Å². The summed E-state index contributed by atoms with van der Waals surface area (Å²) in [6.07, 6.45) is 9.61. The Bertz CT molecular complexity index is 1010. The molecule has 4 heteroatoms. The normalized spacial score (nSPS) is 14.6. The molecule has 0 aliphatic carbocycles. The summed E-state index contributed by atoms with van der Waals surface area (Å²) in [6, 6.07) is 14.4. The lowest BCUT2D eigenvalue weighted by Crippen LogP contribution is -2.10. The Labute approximate surface area is 162 Å². The predicted octanol–water partition coefficient (Wildman–Crippen LogP) is 5.75. The molecule has 0 unspecified atom stereocenters. The Hall–Kier alpha value is -2.33. The largest absolute Gasteiger partial charge is 0.384 e. The highest BCUT2D eigenvalue weighted by Gasteiger charge is 2.13. The highest BCUT2D eigenvalue weighted by molar-refractivity contribution is 9.10. The van der Waals surface area contributed by atoms with Gasteiger partial charge in [0.05, 0.1) is 0 Å². The van der Waals surface area contributed by atoms with Crippen molar-refractivity contribution in [2.75, 3.05) is 0 Å². The van der Waals surface area contributed by atoms with Gasteiger partial charge in [-0.2, -0.15) is 0 Å². The van der Waals surface area contributed by atoms with Crippen LogP contribution in [0.1, 0.15) is 25.8 Å². The molecule has 0 saturated carbocycles. The summed E-state index contributed by atoms with van der Waals surface area (Å²) in [5, 5.41) is 10.0. The lowest BCUT2D eigenvalue weighted by Gasteiger charge is -2.14. The third-order valence-corrected chi connectivity index (χ3v) is 5.16. The number of rotatable bonds is 6. The van der Waals surface area contributed by atoms with Gasteiger partial charge < -0.3 is 10.3 Å². The van der Waals surface area contributed by atoms with Gasteiger partial charge in [0.2, 0.25) is 0 Å². The third kappa shape index (κ3) is 3.75. The summed E-state index contributed by atoms with van der Waals surface area (Å²) in [5.41, 5.74) is 8.80. The van der Waals surface area contributed by atoms with Crippen molar-refractivity contribution in [1.29, 1.82) is 5.41 Å². The number of benzene rings is 2. The zero-order valence-corrected chi connectivity index (χ0v) is 16.8. The SMILES string of the molecule is C/C=C\[C@](C)(Br)C/C=C/Cn1c2ccccc2c2cc(C(=N)N)ccc21. The second-order valence-corrected chi connectivity index (χ2v) is 8.54. The fourth-order valence-corrected chi connectivity index (χ4v) is 3.78. The molecule has 1 heterocycles. The fourth-order valence-electron chi connectivity index (χ4n) is 3.33. The molecule has 0 aliphatic rings. The van der Waals surface area contributed by atoms with Crippen LogP contribution in [0.4, 0.5) is 0 Å². The quantitative estimate of drug-likeness (QED) is 0.231. The van der Waals surface area contributed by atoms with Gasteiger partial charge in [0.15, 0.2) is 0 Å². The number of hydrogen-bond acceptors (Lipinski definition) is 1. The molecule has 0 fully saturated rings. The zero-order valence-electron chi connectivity index (χ0n) is 15.2. The van der Waals surface area contributed by atoms with Gasteiger partial charge in [-0.25, -0.2) is 0 Å².